The molecule has 1 N–H and O–H groups in total. The Morgan fingerprint density at radius 3 is 2.64 bits per heavy atom. The lowest BCUT2D eigenvalue weighted by Gasteiger charge is -2.12. The lowest BCUT2D eigenvalue weighted by atomic mass is 10.1. The molecule has 2 aromatic carbocycles. The smallest absolute Gasteiger partial charge is 0.267 e. The number of nitrogens with zero attached hydrogens (tertiary/aromatic N) is 2. The number of nitrogens with one attached hydrogen (secondary N) is 1. The third kappa shape index (κ3) is 4.98. The van der Waals surface area contributed by atoms with Crippen molar-refractivity contribution in [1.82, 2.24) is 9.55 Å². The third-order valence-corrected chi connectivity index (χ3v) is 7.59. The second-order valence-corrected chi connectivity index (χ2v) is 9.84. The quantitative estimate of drug-likeness (QED) is 0.241. The lowest BCUT2D eigenvalue weighted by molar-refractivity contribution is -0.113. The van der Waals surface area contributed by atoms with Gasteiger partial charge in [-0.15, -0.1) is 11.3 Å². The highest BCUT2D eigenvalue weighted by Gasteiger charge is 2.20. The molecule has 0 bridgehead atoms. The van der Waals surface area contributed by atoms with E-state index in [1.807, 2.05) is 6.92 Å². The number of rotatable bonds is 7. The van der Waals surface area contributed by atoms with E-state index in [2.05, 4.69) is 12.2 Å². The van der Waals surface area contributed by atoms with Crippen LogP contribution in [-0.2, 0) is 11.2 Å². The minimum Gasteiger partial charge on any atom is -0.324 e. The lowest BCUT2D eigenvalue weighted by Crippen LogP contribution is -2.23. The molecule has 2 aromatic heterocycles. The summed E-state index contributed by atoms with van der Waals surface area (Å²) in [6.45, 7) is 4.03. The minimum atomic E-state index is -0.397. The molecule has 33 heavy (non-hydrogen) atoms. The molecule has 0 aliphatic carbocycles. The SMILES string of the molecule is CCCc1sc2nc(SCC(=O)Nc3ccccc3Cl)n(-c3ccc(F)cc3)c(=O)c2c1C. The number of carbonyl (C=O) groups is 1. The Kier molecular flexibility index (Phi) is 7.17. The van der Waals surface area contributed by atoms with Crippen LogP contribution in [0.3, 0.4) is 0 Å². The monoisotopic (exact) mass is 501 g/mol. The maximum Gasteiger partial charge on any atom is 0.267 e. The predicted molar refractivity (Wildman–Crippen MR) is 135 cm³/mol. The summed E-state index contributed by atoms with van der Waals surface area (Å²) in [4.78, 5) is 32.6. The number of aromatic nitrogens is 2. The van der Waals surface area contributed by atoms with Gasteiger partial charge in [-0.1, -0.05) is 48.8 Å². The van der Waals surface area contributed by atoms with Crippen LogP contribution in [0, 0.1) is 12.7 Å². The Bertz CT molecular complexity index is 1380. The molecule has 0 atom stereocenters. The number of fused-ring (bicyclic) bond motifs is 1. The van der Waals surface area contributed by atoms with Gasteiger partial charge in [-0.25, -0.2) is 9.37 Å². The van der Waals surface area contributed by atoms with Crippen molar-refractivity contribution in [1.29, 1.82) is 0 Å². The normalized spacial score (nSPS) is 11.2. The van der Waals surface area contributed by atoms with Crippen molar-refractivity contribution in [2.24, 2.45) is 0 Å². The van der Waals surface area contributed by atoms with E-state index in [0.29, 0.717) is 31.8 Å². The number of thioether (sulfide) groups is 1. The van der Waals surface area contributed by atoms with E-state index in [1.165, 1.54) is 40.2 Å². The van der Waals surface area contributed by atoms with E-state index in [1.54, 1.807) is 24.3 Å². The van der Waals surface area contributed by atoms with E-state index >= 15 is 0 Å². The molecule has 0 saturated carbocycles. The second kappa shape index (κ2) is 10.1. The standard InChI is InChI=1S/C24H21ClFN3O2S2/c1-3-6-19-14(2)21-22(33-19)28-24(29(23(21)31)16-11-9-15(26)10-12-16)32-13-20(30)27-18-8-5-4-7-17(18)25/h4-5,7-12H,3,6,13H2,1-2H3,(H,27,30). The summed E-state index contributed by atoms with van der Waals surface area (Å²) in [5, 5.41) is 4.16. The number of anilines is 1. The number of para-hydroxylation sites is 1. The number of hydrogen-bond acceptors (Lipinski definition) is 5. The Morgan fingerprint density at radius 1 is 1.21 bits per heavy atom. The van der Waals surface area contributed by atoms with E-state index in [-0.39, 0.29) is 17.2 Å². The van der Waals surface area contributed by atoms with Gasteiger partial charge in [0.1, 0.15) is 10.6 Å². The number of aryl methyl sites for hydroxylation is 2. The molecule has 0 saturated heterocycles. The van der Waals surface area contributed by atoms with Crippen LogP contribution in [0.4, 0.5) is 10.1 Å². The summed E-state index contributed by atoms with van der Waals surface area (Å²) in [6.07, 6.45) is 1.83. The van der Waals surface area contributed by atoms with Crippen LogP contribution in [0.5, 0.6) is 0 Å². The van der Waals surface area contributed by atoms with Gasteiger partial charge in [0.2, 0.25) is 5.91 Å². The summed E-state index contributed by atoms with van der Waals surface area (Å²) in [5.74, 6) is -0.649. The molecular formula is C24H21ClFN3O2S2. The first-order chi connectivity index (χ1) is 15.9. The van der Waals surface area contributed by atoms with Gasteiger partial charge < -0.3 is 5.32 Å². The predicted octanol–water partition coefficient (Wildman–Crippen LogP) is 6.23. The topological polar surface area (TPSA) is 64.0 Å². The van der Waals surface area contributed by atoms with Crippen molar-refractivity contribution in [2.45, 2.75) is 31.8 Å². The van der Waals surface area contributed by atoms with E-state index in [9.17, 15) is 14.0 Å². The average molecular weight is 502 g/mol. The number of amides is 1. The van der Waals surface area contributed by atoms with Crippen LogP contribution >= 0.6 is 34.7 Å². The molecule has 170 valence electrons. The maximum atomic E-state index is 13.6. The van der Waals surface area contributed by atoms with E-state index < -0.39 is 5.82 Å². The highest BCUT2D eigenvalue weighted by molar-refractivity contribution is 7.99. The highest BCUT2D eigenvalue weighted by Crippen LogP contribution is 2.31. The average Bonchev–Trinajstić information content (AvgIpc) is 3.10. The van der Waals surface area contributed by atoms with Gasteiger partial charge in [0, 0.05) is 4.88 Å². The summed E-state index contributed by atoms with van der Waals surface area (Å²) in [7, 11) is 0. The summed E-state index contributed by atoms with van der Waals surface area (Å²) in [6, 6.07) is 12.6. The highest BCUT2D eigenvalue weighted by atomic mass is 35.5. The van der Waals surface area contributed by atoms with Crippen LogP contribution in [0.25, 0.3) is 15.9 Å². The van der Waals surface area contributed by atoms with E-state index in [0.717, 1.165) is 35.0 Å². The van der Waals surface area contributed by atoms with Gasteiger partial charge in [-0.2, -0.15) is 0 Å². The molecule has 5 nitrogen and oxygen atoms in total. The number of halogens is 2. The van der Waals surface area contributed by atoms with Gasteiger partial charge in [0.05, 0.1) is 27.5 Å². The fourth-order valence-electron chi connectivity index (χ4n) is 3.47. The zero-order valence-corrected chi connectivity index (χ0v) is 20.4. The number of carbonyl (C=O) groups excluding carboxylic acids is 1. The minimum absolute atomic E-state index is 0.0243. The molecule has 0 aliphatic heterocycles. The van der Waals surface area contributed by atoms with Crippen molar-refractivity contribution in [3.8, 4) is 5.69 Å². The van der Waals surface area contributed by atoms with Crippen molar-refractivity contribution in [2.75, 3.05) is 11.1 Å². The molecule has 0 unspecified atom stereocenters. The summed E-state index contributed by atoms with van der Waals surface area (Å²) >= 11 is 8.78. The van der Waals surface area contributed by atoms with E-state index in [4.69, 9.17) is 16.6 Å². The number of hydrogen-bond donors (Lipinski definition) is 1. The first-order valence-electron chi connectivity index (χ1n) is 10.4. The molecule has 1 amide bonds. The van der Waals surface area contributed by atoms with Gasteiger partial charge in [0.15, 0.2) is 5.16 Å². The molecule has 0 radical (unpaired) electrons. The molecule has 0 spiro atoms. The molecule has 0 aliphatic rings. The van der Waals surface area contributed by atoms with Crippen LogP contribution in [0.1, 0.15) is 23.8 Å². The van der Waals surface area contributed by atoms with Crippen LogP contribution in [0.2, 0.25) is 5.02 Å². The Balaban J connectivity index is 1.73. The van der Waals surface area contributed by atoms with Crippen molar-refractivity contribution >= 4 is 56.5 Å². The van der Waals surface area contributed by atoms with Crippen LogP contribution in [-0.4, -0.2) is 21.2 Å². The molecular weight excluding hydrogens is 481 g/mol. The Hall–Kier alpha value is -2.68. The zero-order valence-electron chi connectivity index (χ0n) is 18.0. The molecule has 0 fully saturated rings. The maximum absolute atomic E-state index is 13.6. The largest absolute Gasteiger partial charge is 0.324 e. The zero-order chi connectivity index (χ0) is 23.5. The fraction of sp³-hybridized carbons (Fsp3) is 0.208. The van der Waals surface area contributed by atoms with Crippen LogP contribution in [0.15, 0.2) is 58.5 Å². The molecule has 2 heterocycles. The van der Waals surface area contributed by atoms with Gasteiger partial charge in [-0.05, 0) is 55.3 Å². The molecule has 9 heteroatoms. The summed E-state index contributed by atoms with van der Waals surface area (Å²) in [5.41, 5.74) is 1.71. The van der Waals surface area contributed by atoms with Crippen molar-refractivity contribution < 1.29 is 9.18 Å². The van der Waals surface area contributed by atoms with Crippen LogP contribution < -0.4 is 10.9 Å². The molecule has 4 rings (SSSR count). The van der Waals surface area contributed by atoms with Gasteiger partial charge in [0.25, 0.3) is 5.56 Å². The van der Waals surface area contributed by atoms with Gasteiger partial charge >= 0.3 is 0 Å². The van der Waals surface area contributed by atoms with Gasteiger partial charge in [-0.3, -0.25) is 14.2 Å². The second-order valence-electron chi connectivity index (χ2n) is 7.41. The number of benzene rings is 2. The Morgan fingerprint density at radius 2 is 1.94 bits per heavy atom. The third-order valence-electron chi connectivity index (χ3n) is 5.07. The Labute approximate surface area is 203 Å². The van der Waals surface area contributed by atoms with Crippen molar-refractivity contribution in [3.05, 3.63) is 80.2 Å². The first kappa shape index (κ1) is 23.5. The fourth-order valence-corrected chi connectivity index (χ4v) is 5.79. The number of thiophene rings is 1. The summed E-state index contributed by atoms with van der Waals surface area (Å²) < 4.78 is 15.0. The van der Waals surface area contributed by atoms with Crippen molar-refractivity contribution in [3.63, 3.8) is 0 Å². The first-order valence-corrected chi connectivity index (χ1v) is 12.5. The molecule has 4 aromatic rings.